The zero-order valence-corrected chi connectivity index (χ0v) is 10.4. The lowest BCUT2D eigenvalue weighted by Gasteiger charge is -1.99. The molecule has 0 bridgehead atoms. The molecule has 0 unspecified atom stereocenters. The summed E-state index contributed by atoms with van der Waals surface area (Å²) in [7, 11) is 1.61. The highest BCUT2D eigenvalue weighted by Crippen LogP contribution is 2.06. The Kier molecular flexibility index (Phi) is 7.40. The zero-order chi connectivity index (χ0) is 13.3. The van der Waals surface area contributed by atoms with Crippen molar-refractivity contribution in [2.45, 2.75) is 26.3 Å². The van der Waals surface area contributed by atoms with Crippen LogP contribution in [-0.2, 0) is 11.2 Å². The minimum atomic E-state index is -0.817. The highest BCUT2D eigenvalue weighted by molar-refractivity contribution is 5.72. The highest BCUT2D eigenvalue weighted by atomic mass is 16.4. The first-order valence-corrected chi connectivity index (χ1v) is 5.44. The second-order valence-corrected chi connectivity index (χ2v) is 3.47. The van der Waals surface area contributed by atoms with Crippen LogP contribution >= 0.6 is 0 Å². The quantitative estimate of drug-likeness (QED) is 0.836. The van der Waals surface area contributed by atoms with E-state index in [-0.39, 0.29) is 0 Å². The SMILES string of the molecule is CCc1ccccc1C#N.CN[C@@H](C)C(=O)O. The van der Waals surface area contributed by atoms with Crippen molar-refractivity contribution in [3.63, 3.8) is 0 Å². The summed E-state index contributed by atoms with van der Waals surface area (Å²) in [6, 6.07) is 9.39. The van der Waals surface area contributed by atoms with Gasteiger partial charge in [0.1, 0.15) is 6.04 Å². The predicted molar refractivity (Wildman–Crippen MR) is 66.7 cm³/mol. The van der Waals surface area contributed by atoms with Crippen molar-refractivity contribution < 1.29 is 9.90 Å². The number of aliphatic carboxylic acids is 1. The summed E-state index contributed by atoms with van der Waals surface area (Å²) in [5, 5.41) is 19.3. The number of benzene rings is 1. The van der Waals surface area contributed by atoms with E-state index in [1.807, 2.05) is 24.3 Å². The van der Waals surface area contributed by atoms with Crippen molar-refractivity contribution in [2.75, 3.05) is 7.05 Å². The van der Waals surface area contributed by atoms with Gasteiger partial charge in [-0.2, -0.15) is 5.26 Å². The maximum Gasteiger partial charge on any atom is 0.320 e. The number of carbonyl (C=O) groups is 1. The molecule has 0 saturated carbocycles. The number of carboxylic acid groups (broad SMARTS) is 1. The molecule has 1 aromatic carbocycles. The molecule has 0 aliphatic rings. The number of nitrogens with zero attached hydrogens (tertiary/aromatic N) is 1. The molecule has 0 saturated heterocycles. The summed E-state index contributed by atoms with van der Waals surface area (Å²) >= 11 is 0. The summed E-state index contributed by atoms with van der Waals surface area (Å²) in [6.45, 7) is 3.64. The van der Waals surface area contributed by atoms with Crippen molar-refractivity contribution in [2.24, 2.45) is 0 Å². The van der Waals surface area contributed by atoms with Crippen LogP contribution in [0.1, 0.15) is 25.0 Å². The van der Waals surface area contributed by atoms with Crippen molar-refractivity contribution in [3.8, 4) is 6.07 Å². The summed E-state index contributed by atoms with van der Waals surface area (Å²) in [4.78, 5) is 9.87. The third-order valence-electron chi connectivity index (χ3n) is 2.32. The maximum atomic E-state index is 9.87. The Bertz CT molecular complexity index is 397. The van der Waals surface area contributed by atoms with E-state index in [0.29, 0.717) is 0 Å². The lowest BCUT2D eigenvalue weighted by molar-refractivity contribution is -0.138. The summed E-state index contributed by atoms with van der Waals surface area (Å²) in [5.74, 6) is -0.817. The molecule has 92 valence electrons. The van der Waals surface area contributed by atoms with E-state index in [0.717, 1.165) is 17.5 Å². The molecular formula is C13H18N2O2. The molecule has 0 amide bonds. The second kappa shape index (κ2) is 8.31. The molecule has 1 atom stereocenters. The zero-order valence-electron chi connectivity index (χ0n) is 10.4. The molecule has 17 heavy (non-hydrogen) atoms. The Hall–Kier alpha value is -1.86. The third-order valence-corrected chi connectivity index (χ3v) is 2.32. The highest BCUT2D eigenvalue weighted by Gasteiger charge is 2.04. The molecule has 0 aliphatic heterocycles. The fourth-order valence-corrected chi connectivity index (χ4v) is 1.06. The molecule has 0 radical (unpaired) electrons. The van der Waals surface area contributed by atoms with Gasteiger partial charge in [-0.25, -0.2) is 0 Å². The molecular weight excluding hydrogens is 216 g/mol. The van der Waals surface area contributed by atoms with Gasteiger partial charge in [0.05, 0.1) is 11.6 Å². The Morgan fingerprint density at radius 3 is 2.41 bits per heavy atom. The van der Waals surface area contributed by atoms with Crippen LogP contribution in [0.15, 0.2) is 24.3 Å². The van der Waals surface area contributed by atoms with E-state index in [4.69, 9.17) is 10.4 Å². The summed E-state index contributed by atoms with van der Waals surface area (Å²) in [6.07, 6.45) is 0.934. The average molecular weight is 234 g/mol. The van der Waals surface area contributed by atoms with Crippen LogP contribution in [0.4, 0.5) is 0 Å². The van der Waals surface area contributed by atoms with Gasteiger partial charge in [0, 0.05) is 0 Å². The number of hydrogen-bond acceptors (Lipinski definition) is 3. The molecule has 4 heteroatoms. The van der Waals surface area contributed by atoms with Crippen LogP contribution in [0.5, 0.6) is 0 Å². The van der Waals surface area contributed by atoms with Crippen molar-refractivity contribution in [1.29, 1.82) is 5.26 Å². The second-order valence-electron chi connectivity index (χ2n) is 3.47. The van der Waals surface area contributed by atoms with Crippen LogP contribution in [0.25, 0.3) is 0 Å². The smallest absolute Gasteiger partial charge is 0.320 e. The average Bonchev–Trinajstić information content (AvgIpc) is 2.38. The van der Waals surface area contributed by atoms with E-state index in [1.54, 1.807) is 14.0 Å². The minimum absolute atomic E-state index is 0.431. The summed E-state index contributed by atoms with van der Waals surface area (Å²) < 4.78 is 0. The van der Waals surface area contributed by atoms with Gasteiger partial charge in [0.15, 0.2) is 0 Å². The van der Waals surface area contributed by atoms with Gasteiger partial charge in [-0.15, -0.1) is 0 Å². The number of hydrogen-bond donors (Lipinski definition) is 2. The van der Waals surface area contributed by atoms with Crippen LogP contribution in [-0.4, -0.2) is 24.2 Å². The normalized spacial score (nSPS) is 10.7. The fraction of sp³-hybridized carbons (Fsp3) is 0.385. The van der Waals surface area contributed by atoms with Gasteiger partial charge in [-0.1, -0.05) is 25.1 Å². The Balaban J connectivity index is 0.000000325. The van der Waals surface area contributed by atoms with Gasteiger partial charge in [-0.05, 0) is 32.0 Å². The number of likely N-dealkylation sites (N-methyl/N-ethyl adjacent to an activating group) is 1. The molecule has 1 rings (SSSR count). The first kappa shape index (κ1) is 15.1. The first-order valence-electron chi connectivity index (χ1n) is 5.44. The van der Waals surface area contributed by atoms with E-state index < -0.39 is 12.0 Å². The number of nitriles is 1. The molecule has 0 aliphatic carbocycles. The van der Waals surface area contributed by atoms with E-state index in [9.17, 15) is 4.79 Å². The monoisotopic (exact) mass is 234 g/mol. The van der Waals surface area contributed by atoms with Gasteiger partial charge >= 0.3 is 5.97 Å². The maximum absolute atomic E-state index is 9.87. The molecule has 4 nitrogen and oxygen atoms in total. The van der Waals surface area contributed by atoms with Crippen molar-refractivity contribution in [3.05, 3.63) is 35.4 Å². The molecule has 0 aromatic heterocycles. The largest absolute Gasteiger partial charge is 0.480 e. The predicted octanol–water partition coefficient (Wildman–Crippen LogP) is 1.80. The van der Waals surface area contributed by atoms with Gasteiger partial charge in [0.25, 0.3) is 0 Å². The van der Waals surface area contributed by atoms with Gasteiger partial charge in [0.2, 0.25) is 0 Å². The van der Waals surface area contributed by atoms with Crippen LogP contribution in [0, 0.1) is 11.3 Å². The van der Waals surface area contributed by atoms with Crippen LogP contribution in [0.2, 0.25) is 0 Å². The fourth-order valence-electron chi connectivity index (χ4n) is 1.06. The molecule has 1 aromatic rings. The van der Waals surface area contributed by atoms with Crippen LogP contribution < -0.4 is 5.32 Å². The van der Waals surface area contributed by atoms with Crippen molar-refractivity contribution in [1.82, 2.24) is 5.32 Å². The Morgan fingerprint density at radius 1 is 1.53 bits per heavy atom. The Labute approximate surface area is 102 Å². The first-order chi connectivity index (χ1) is 8.06. The van der Waals surface area contributed by atoms with Crippen LogP contribution in [0.3, 0.4) is 0 Å². The third kappa shape index (κ3) is 5.69. The topological polar surface area (TPSA) is 73.1 Å². The number of rotatable bonds is 3. The summed E-state index contributed by atoms with van der Waals surface area (Å²) in [5.41, 5.74) is 1.93. The number of carboxylic acids is 1. The van der Waals surface area contributed by atoms with Crippen molar-refractivity contribution >= 4 is 5.97 Å². The lowest BCUT2D eigenvalue weighted by Crippen LogP contribution is -2.29. The lowest BCUT2D eigenvalue weighted by atomic mass is 10.1. The molecule has 0 heterocycles. The van der Waals surface area contributed by atoms with Gasteiger partial charge < -0.3 is 10.4 Å². The minimum Gasteiger partial charge on any atom is -0.480 e. The molecule has 0 fully saturated rings. The number of aryl methyl sites for hydroxylation is 1. The van der Waals surface area contributed by atoms with E-state index in [1.165, 1.54) is 0 Å². The van der Waals surface area contributed by atoms with Gasteiger partial charge in [-0.3, -0.25) is 4.79 Å². The molecule has 2 N–H and O–H groups in total. The standard InChI is InChI=1S/C9H9N.C4H9NO2/c1-2-8-5-3-4-6-9(8)7-10;1-3(5-2)4(6)7/h3-6H,2H2,1H3;3,5H,1-2H3,(H,6,7)/t;3-/m.0/s1. The van der Waals surface area contributed by atoms with E-state index in [2.05, 4.69) is 18.3 Å². The Morgan fingerprint density at radius 2 is 2.12 bits per heavy atom. The molecule has 0 spiro atoms. The number of nitrogens with one attached hydrogen (secondary N) is 1. The van der Waals surface area contributed by atoms with E-state index >= 15 is 0 Å².